The summed E-state index contributed by atoms with van der Waals surface area (Å²) in [5.41, 5.74) is 4.48. The standard InChI is InChI=1S/C18H17N7O/c1-24-11-15(10-21-24)14-6-13(7-19-9-14)8-20-18(26)12-25-17-5-3-2-4-16(17)22-23-25/h2-7,9-11H,8,12H2,1H3,(H,20,26). The summed E-state index contributed by atoms with van der Waals surface area (Å²) in [4.78, 5) is 16.5. The fourth-order valence-corrected chi connectivity index (χ4v) is 2.74. The number of nitrogens with zero attached hydrogens (tertiary/aromatic N) is 6. The first-order chi connectivity index (χ1) is 12.7. The molecule has 8 nitrogen and oxygen atoms in total. The number of hydrogen-bond donors (Lipinski definition) is 1. The Kier molecular flexibility index (Phi) is 4.14. The molecule has 0 fully saturated rings. The summed E-state index contributed by atoms with van der Waals surface area (Å²) in [6.07, 6.45) is 7.24. The predicted molar refractivity (Wildman–Crippen MR) is 95.8 cm³/mol. The largest absolute Gasteiger partial charge is 0.350 e. The molecule has 0 spiro atoms. The molecule has 4 aromatic rings. The van der Waals surface area contributed by atoms with Crippen molar-refractivity contribution in [3.05, 3.63) is 60.7 Å². The van der Waals surface area contributed by atoms with Crippen molar-refractivity contribution in [1.82, 2.24) is 35.1 Å². The van der Waals surface area contributed by atoms with Gasteiger partial charge in [0.05, 0.1) is 11.7 Å². The minimum absolute atomic E-state index is 0.121. The van der Waals surface area contributed by atoms with Crippen LogP contribution < -0.4 is 5.32 Å². The molecule has 130 valence electrons. The van der Waals surface area contributed by atoms with Crippen molar-refractivity contribution in [1.29, 1.82) is 0 Å². The molecule has 0 aliphatic carbocycles. The molecule has 0 saturated carbocycles. The summed E-state index contributed by atoms with van der Waals surface area (Å²) in [7, 11) is 1.87. The molecule has 0 aliphatic heterocycles. The molecule has 8 heteroatoms. The lowest BCUT2D eigenvalue weighted by molar-refractivity contribution is -0.121. The van der Waals surface area contributed by atoms with Crippen LogP contribution in [0.5, 0.6) is 0 Å². The van der Waals surface area contributed by atoms with Gasteiger partial charge < -0.3 is 5.32 Å². The highest BCUT2D eigenvalue weighted by atomic mass is 16.2. The van der Waals surface area contributed by atoms with Crippen molar-refractivity contribution in [3.63, 3.8) is 0 Å². The van der Waals surface area contributed by atoms with Gasteiger partial charge in [-0.1, -0.05) is 17.3 Å². The van der Waals surface area contributed by atoms with Gasteiger partial charge in [0, 0.05) is 43.3 Å². The van der Waals surface area contributed by atoms with Gasteiger partial charge in [-0.05, 0) is 23.8 Å². The maximum absolute atomic E-state index is 12.3. The third kappa shape index (κ3) is 3.30. The fraction of sp³-hybridized carbons (Fsp3) is 0.167. The summed E-state index contributed by atoms with van der Waals surface area (Å²) in [5, 5.41) is 15.1. The van der Waals surface area contributed by atoms with E-state index >= 15 is 0 Å². The number of aromatic nitrogens is 6. The Bertz CT molecular complexity index is 1070. The molecule has 26 heavy (non-hydrogen) atoms. The zero-order chi connectivity index (χ0) is 17.9. The van der Waals surface area contributed by atoms with E-state index in [9.17, 15) is 4.79 Å². The average Bonchev–Trinajstić information content (AvgIpc) is 3.27. The number of hydrogen-bond acceptors (Lipinski definition) is 5. The third-order valence-electron chi connectivity index (χ3n) is 4.04. The van der Waals surface area contributed by atoms with E-state index in [-0.39, 0.29) is 12.5 Å². The van der Waals surface area contributed by atoms with Crippen LogP contribution in [0.2, 0.25) is 0 Å². The second kappa shape index (κ2) is 6.75. The van der Waals surface area contributed by atoms with Crippen LogP contribution in [0, 0.1) is 0 Å². The molecular weight excluding hydrogens is 330 g/mol. The number of nitrogens with one attached hydrogen (secondary N) is 1. The smallest absolute Gasteiger partial charge is 0.242 e. The zero-order valence-corrected chi connectivity index (χ0v) is 14.2. The zero-order valence-electron chi connectivity index (χ0n) is 14.2. The average molecular weight is 347 g/mol. The molecule has 1 aromatic carbocycles. The summed E-state index contributed by atoms with van der Waals surface area (Å²) in [5.74, 6) is -0.132. The molecule has 0 unspecified atom stereocenters. The van der Waals surface area contributed by atoms with E-state index in [0.717, 1.165) is 27.7 Å². The molecule has 0 radical (unpaired) electrons. The van der Waals surface area contributed by atoms with E-state index in [4.69, 9.17) is 0 Å². The Hall–Kier alpha value is -3.55. The highest BCUT2D eigenvalue weighted by molar-refractivity contribution is 5.79. The fourth-order valence-electron chi connectivity index (χ4n) is 2.74. The van der Waals surface area contributed by atoms with Gasteiger partial charge in [-0.15, -0.1) is 5.10 Å². The second-order valence-corrected chi connectivity index (χ2v) is 6.00. The molecule has 3 heterocycles. The van der Waals surface area contributed by atoms with E-state index in [2.05, 4.69) is 25.7 Å². The predicted octanol–water partition coefficient (Wildman–Crippen LogP) is 1.54. The highest BCUT2D eigenvalue weighted by Gasteiger charge is 2.09. The topological polar surface area (TPSA) is 90.5 Å². The number of pyridine rings is 1. The van der Waals surface area contributed by atoms with Gasteiger partial charge >= 0.3 is 0 Å². The number of aryl methyl sites for hydroxylation is 1. The summed E-state index contributed by atoms with van der Waals surface area (Å²) < 4.78 is 3.33. The maximum Gasteiger partial charge on any atom is 0.242 e. The van der Waals surface area contributed by atoms with Crippen molar-refractivity contribution in [2.24, 2.45) is 7.05 Å². The van der Waals surface area contributed by atoms with Crippen LogP contribution in [0.15, 0.2) is 55.1 Å². The van der Waals surface area contributed by atoms with Gasteiger partial charge in [0.25, 0.3) is 0 Å². The van der Waals surface area contributed by atoms with Gasteiger partial charge in [0.1, 0.15) is 12.1 Å². The summed E-state index contributed by atoms with van der Waals surface area (Å²) in [6.45, 7) is 0.517. The molecule has 4 rings (SSSR count). The third-order valence-corrected chi connectivity index (χ3v) is 4.04. The number of fused-ring (bicyclic) bond motifs is 1. The molecule has 0 bridgehead atoms. The lowest BCUT2D eigenvalue weighted by atomic mass is 10.1. The van der Waals surface area contributed by atoms with Crippen LogP contribution in [0.4, 0.5) is 0 Å². The first-order valence-corrected chi connectivity index (χ1v) is 8.17. The second-order valence-electron chi connectivity index (χ2n) is 6.00. The Labute approximate surface area is 149 Å². The van der Waals surface area contributed by atoms with Crippen LogP contribution in [-0.4, -0.2) is 35.7 Å². The van der Waals surface area contributed by atoms with Gasteiger partial charge in [0.15, 0.2) is 0 Å². The lowest BCUT2D eigenvalue weighted by Gasteiger charge is -2.07. The number of carbonyl (C=O) groups excluding carboxylic acids is 1. The first kappa shape index (κ1) is 15.9. The highest BCUT2D eigenvalue weighted by Crippen LogP contribution is 2.18. The molecular formula is C18H17N7O. The Morgan fingerprint density at radius 1 is 1.15 bits per heavy atom. The number of para-hydroxylation sites is 1. The van der Waals surface area contributed by atoms with Gasteiger partial charge in [-0.2, -0.15) is 5.10 Å². The van der Waals surface area contributed by atoms with E-state index in [0.29, 0.717) is 6.54 Å². The van der Waals surface area contributed by atoms with E-state index in [1.54, 1.807) is 28.0 Å². The van der Waals surface area contributed by atoms with Crippen molar-refractivity contribution >= 4 is 16.9 Å². The number of benzene rings is 1. The molecule has 3 aromatic heterocycles. The van der Waals surface area contributed by atoms with E-state index < -0.39 is 0 Å². The number of amides is 1. The Morgan fingerprint density at radius 2 is 2.04 bits per heavy atom. The molecule has 1 N–H and O–H groups in total. The van der Waals surface area contributed by atoms with Crippen molar-refractivity contribution in [2.45, 2.75) is 13.1 Å². The van der Waals surface area contributed by atoms with Crippen LogP contribution >= 0.6 is 0 Å². The molecule has 0 atom stereocenters. The van der Waals surface area contributed by atoms with E-state index in [1.807, 2.05) is 43.6 Å². The van der Waals surface area contributed by atoms with Crippen LogP contribution in [-0.2, 0) is 24.9 Å². The lowest BCUT2D eigenvalue weighted by Crippen LogP contribution is -2.27. The van der Waals surface area contributed by atoms with E-state index in [1.165, 1.54) is 0 Å². The SMILES string of the molecule is Cn1cc(-c2cncc(CNC(=O)Cn3nnc4ccccc43)c2)cn1. The number of carbonyl (C=O) groups is 1. The van der Waals surface area contributed by atoms with Crippen LogP contribution in [0.1, 0.15) is 5.56 Å². The molecule has 0 saturated heterocycles. The van der Waals surface area contributed by atoms with Gasteiger partial charge in [0.2, 0.25) is 5.91 Å². The molecule has 0 aliphatic rings. The minimum Gasteiger partial charge on any atom is -0.350 e. The first-order valence-electron chi connectivity index (χ1n) is 8.17. The monoisotopic (exact) mass is 347 g/mol. The number of rotatable bonds is 5. The Morgan fingerprint density at radius 3 is 2.88 bits per heavy atom. The van der Waals surface area contributed by atoms with Gasteiger partial charge in [-0.3, -0.25) is 14.5 Å². The van der Waals surface area contributed by atoms with Crippen LogP contribution in [0.25, 0.3) is 22.2 Å². The van der Waals surface area contributed by atoms with Crippen molar-refractivity contribution in [2.75, 3.05) is 0 Å². The van der Waals surface area contributed by atoms with Crippen molar-refractivity contribution in [3.8, 4) is 11.1 Å². The Balaban J connectivity index is 1.41. The van der Waals surface area contributed by atoms with Gasteiger partial charge in [-0.25, -0.2) is 4.68 Å². The normalized spacial score (nSPS) is 11.0. The summed E-state index contributed by atoms with van der Waals surface area (Å²) >= 11 is 0. The maximum atomic E-state index is 12.3. The summed E-state index contributed by atoms with van der Waals surface area (Å²) in [6, 6.07) is 9.55. The molecule has 1 amide bonds. The van der Waals surface area contributed by atoms with Crippen LogP contribution in [0.3, 0.4) is 0 Å². The quantitative estimate of drug-likeness (QED) is 0.591. The minimum atomic E-state index is -0.132. The van der Waals surface area contributed by atoms with Crippen molar-refractivity contribution < 1.29 is 4.79 Å².